The number of anilines is 1. The number of halogens is 1. The van der Waals surface area contributed by atoms with Gasteiger partial charge in [0.1, 0.15) is 5.60 Å². The fourth-order valence-corrected chi connectivity index (χ4v) is 2.40. The third-order valence-corrected chi connectivity index (χ3v) is 3.52. The maximum Gasteiger partial charge on any atom is 0.316 e. The van der Waals surface area contributed by atoms with Crippen LogP contribution < -0.4 is 5.73 Å². The Bertz CT molecular complexity index is 455. The standard InChI is InChI=1S/C13H18ClNO2S/c1-8-5-10(15)9(14)6-11(8)18-7-12(16)17-13(2,3)4/h5-6H,7,15H2,1-4H3. The maximum absolute atomic E-state index is 11.6. The van der Waals surface area contributed by atoms with Gasteiger partial charge in [-0.3, -0.25) is 4.79 Å². The molecule has 0 aliphatic rings. The number of carbonyl (C=O) groups excluding carboxylic acids is 1. The van der Waals surface area contributed by atoms with Crippen molar-refractivity contribution in [2.75, 3.05) is 11.5 Å². The average molecular weight is 288 g/mol. The third-order valence-electron chi connectivity index (χ3n) is 2.06. The van der Waals surface area contributed by atoms with E-state index in [0.29, 0.717) is 10.7 Å². The summed E-state index contributed by atoms with van der Waals surface area (Å²) in [6, 6.07) is 3.58. The second-order valence-electron chi connectivity index (χ2n) is 5.01. The van der Waals surface area contributed by atoms with Gasteiger partial charge in [-0.25, -0.2) is 0 Å². The average Bonchev–Trinajstić information content (AvgIpc) is 2.19. The summed E-state index contributed by atoms with van der Waals surface area (Å²) >= 11 is 7.36. The molecule has 0 aliphatic carbocycles. The lowest BCUT2D eigenvalue weighted by atomic mass is 10.2. The van der Waals surface area contributed by atoms with Crippen LogP contribution in [0.1, 0.15) is 26.3 Å². The van der Waals surface area contributed by atoms with Crippen molar-refractivity contribution >= 4 is 35.0 Å². The molecule has 0 radical (unpaired) electrons. The highest BCUT2D eigenvalue weighted by Crippen LogP contribution is 2.30. The minimum Gasteiger partial charge on any atom is -0.459 e. The summed E-state index contributed by atoms with van der Waals surface area (Å²) in [5.74, 6) is 0.0260. The molecule has 1 aromatic carbocycles. The zero-order valence-electron chi connectivity index (χ0n) is 11.0. The van der Waals surface area contributed by atoms with Crippen molar-refractivity contribution < 1.29 is 9.53 Å². The molecule has 1 aromatic rings. The van der Waals surface area contributed by atoms with E-state index in [9.17, 15) is 4.79 Å². The predicted molar refractivity (Wildman–Crippen MR) is 77.2 cm³/mol. The summed E-state index contributed by atoms with van der Waals surface area (Å²) in [5.41, 5.74) is 6.80. The zero-order valence-corrected chi connectivity index (χ0v) is 12.6. The SMILES string of the molecule is Cc1cc(N)c(Cl)cc1SCC(=O)OC(C)(C)C. The van der Waals surface area contributed by atoms with Crippen LogP contribution in [0.3, 0.4) is 0 Å². The molecule has 0 heterocycles. The van der Waals surface area contributed by atoms with Gasteiger partial charge < -0.3 is 10.5 Å². The number of thioether (sulfide) groups is 1. The fourth-order valence-electron chi connectivity index (χ4n) is 1.35. The van der Waals surface area contributed by atoms with Crippen LogP contribution in [-0.2, 0) is 9.53 Å². The second kappa shape index (κ2) is 5.85. The minimum absolute atomic E-state index is 0.236. The molecule has 18 heavy (non-hydrogen) atoms. The van der Waals surface area contributed by atoms with Gasteiger partial charge in [-0.1, -0.05) is 11.6 Å². The van der Waals surface area contributed by atoms with E-state index in [2.05, 4.69) is 0 Å². The smallest absolute Gasteiger partial charge is 0.316 e. The Morgan fingerprint density at radius 2 is 2.06 bits per heavy atom. The van der Waals surface area contributed by atoms with Crippen molar-refractivity contribution in [1.29, 1.82) is 0 Å². The summed E-state index contributed by atoms with van der Waals surface area (Å²) in [6.45, 7) is 7.48. The Balaban J connectivity index is 2.64. The third kappa shape index (κ3) is 4.78. The quantitative estimate of drug-likeness (QED) is 0.524. The Morgan fingerprint density at radius 3 is 2.61 bits per heavy atom. The summed E-state index contributed by atoms with van der Waals surface area (Å²) in [7, 11) is 0. The van der Waals surface area contributed by atoms with Gasteiger partial charge in [-0.05, 0) is 45.4 Å². The molecule has 0 bridgehead atoms. The van der Waals surface area contributed by atoms with Gasteiger partial charge in [0.2, 0.25) is 0 Å². The molecule has 0 unspecified atom stereocenters. The zero-order chi connectivity index (χ0) is 13.9. The van der Waals surface area contributed by atoms with Crippen molar-refractivity contribution in [2.45, 2.75) is 38.2 Å². The molecule has 0 amide bonds. The van der Waals surface area contributed by atoms with Crippen LogP contribution in [0.25, 0.3) is 0 Å². The Morgan fingerprint density at radius 1 is 1.44 bits per heavy atom. The highest BCUT2D eigenvalue weighted by Gasteiger charge is 2.16. The molecule has 1 rings (SSSR count). The number of hydrogen-bond donors (Lipinski definition) is 1. The molecule has 3 nitrogen and oxygen atoms in total. The first kappa shape index (κ1) is 15.2. The molecule has 0 saturated heterocycles. The summed E-state index contributed by atoms with van der Waals surface area (Å²) in [6.07, 6.45) is 0. The van der Waals surface area contributed by atoms with E-state index in [1.807, 2.05) is 27.7 Å². The Labute approximate surface area is 117 Å². The monoisotopic (exact) mass is 287 g/mol. The van der Waals surface area contributed by atoms with Crippen LogP contribution in [0.15, 0.2) is 17.0 Å². The summed E-state index contributed by atoms with van der Waals surface area (Å²) < 4.78 is 5.24. The fraction of sp³-hybridized carbons (Fsp3) is 0.462. The number of ether oxygens (including phenoxy) is 1. The van der Waals surface area contributed by atoms with Crippen LogP contribution in [-0.4, -0.2) is 17.3 Å². The number of nitrogens with two attached hydrogens (primary N) is 1. The number of hydrogen-bond acceptors (Lipinski definition) is 4. The van der Waals surface area contributed by atoms with E-state index < -0.39 is 5.60 Å². The van der Waals surface area contributed by atoms with Crippen molar-refractivity contribution in [2.24, 2.45) is 0 Å². The molecule has 0 aromatic heterocycles. The molecule has 2 N–H and O–H groups in total. The minimum atomic E-state index is -0.453. The first-order valence-corrected chi connectivity index (χ1v) is 6.95. The van der Waals surface area contributed by atoms with Gasteiger partial charge in [0.25, 0.3) is 0 Å². The lowest BCUT2D eigenvalue weighted by Gasteiger charge is -2.19. The van der Waals surface area contributed by atoms with Crippen molar-refractivity contribution in [1.82, 2.24) is 0 Å². The van der Waals surface area contributed by atoms with E-state index in [0.717, 1.165) is 10.5 Å². The normalized spacial score (nSPS) is 11.4. The van der Waals surface area contributed by atoms with Gasteiger partial charge in [-0.15, -0.1) is 11.8 Å². The number of nitrogen functional groups attached to an aromatic ring is 1. The van der Waals surface area contributed by atoms with Crippen molar-refractivity contribution in [3.05, 3.63) is 22.7 Å². The largest absolute Gasteiger partial charge is 0.459 e. The molecule has 100 valence electrons. The van der Waals surface area contributed by atoms with Gasteiger partial charge in [0.05, 0.1) is 16.5 Å². The number of carbonyl (C=O) groups is 1. The molecule has 0 saturated carbocycles. The van der Waals surface area contributed by atoms with Crippen LogP contribution in [0.4, 0.5) is 5.69 Å². The predicted octanol–water partition coefficient (Wildman–Crippen LogP) is 3.66. The topological polar surface area (TPSA) is 52.3 Å². The van der Waals surface area contributed by atoms with E-state index in [4.69, 9.17) is 22.1 Å². The van der Waals surface area contributed by atoms with Crippen LogP contribution >= 0.6 is 23.4 Å². The van der Waals surface area contributed by atoms with Crippen LogP contribution in [0.2, 0.25) is 5.02 Å². The molecular weight excluding hydrogens is 270 g/mol. The Kier molecular flexibility index (Phi) is 4.93. The summed E-state index contributed by atoms with van der Waals surface area (Å²) in [5, 5.41) is 0.507. The van der Waals surface area contributed by atoms with Crippen LogP contribution in [0, 0.1) is 6.92 Å². The molecule has 0 fully saturated rings. The number of aryl methyl sites for hydroxylation is 1. The van der Waals surface area contributed by atoms with Crippen molar-refractivity contribution in [3.63, 3.8) is 0 Å². The molecule has 0 spiro atoms. The number of esters is 1. The van der Waals surface area contributed by atoms with E-state index >= 15 is 0 Å². The molecule has 0 atom stereocenters. The Hall–Kier alpha value is -0.870. The van der Waals surface area contributed by atoms with Crippen LogP contribution in [0.5, 0.6) is 0 Å². The highest BCUT2D eigenvalue weighted by molar-refractivity contribution is 8.00. The van der Waals surface area contributed by atoms with Crippen molar-refractivity contribution in [3.8, 4) is 0 Å². The van der Waals surface area contributed by atoms with E-state index in [1.54, 1.807) is 12.1 Å². The first-order valence-electron chi connectivity index (χ1n) is 5.59. The van der Waals surface area contributed by atoms with Gasteiger partial charge in [0, 0.05) is 4.90 Å². The molecular formula is C13H18ClNO2S. The maximum atomic E-state index is 11.6. The highest BCUT2D eigenvalue weighted by atomic mass is 35.5. The second-order valence-corrected chi connectivity index (χ2v) is 6.44. The van der Waals surface area contributed by atoms with Gasteiger partial charge in [0.15, 0.2) is 0 Å². The molecule has 0 aliphatic heterocycles. The first-order chi connectivity index (χ1) is 8.19. The lowest BCUT2D eigenvalue weighted by Crippen LogP contribution is -2.24. The number of rotatable bonds is 3. The van der Waals surface area contributed by atoms with Gasteiger partial charge >= 0.3 is 5.97 Å². The molecule has 5 heteroatoms. The lowest BCUT2D eigenvalue weighted by molar-refractivity contribution is -0.151. The van der Waals surface area contributed by atoms with E-state index in [1.165, 1.54) is 11.8 Å². The summed E-state index contributed by atoms with van der Waals surface area (Å²) in [4.78, 5) is 12.5. The van der Waals surface area contributed by atoms with E-state index in [-0.39, 0.29) is 11.7 Å². The van der Waals surface area contributed by atoms with Gasteiger partial charge in [-0.2, -0.15) is 0 Å². The number of benzene rings is 1.